The average molecular weight is 232 g/mol. The minimum absolute atomic E-state index is 0.457. The molecule has 2 aromatic rings. The first kappa shape index (κ1) is 11.7. The van der Waals surface area contributed by atoms with Crippen molar-refractivity contribution in [2.24, 2.45) is 5.73 Å². The van der Waals surface area contributed by atoms with Crippen molar-refractivity contribution in [1.29, 1.82) is 0 Å². The SMILES string of the molecule is Cc1noc(C)c1COc1ccccc1CN. The van der Waals surface area contributed by atoms with Gasteiger partial charge in [0.2, 0.25) is 0 Å². The molecular weight excluding hydrogens is 216 g/mol. The van der Waals surface area contributed by atoms with Gasteiger partial charge in [-0.25, -0.2) is 0 Å². The second-order valence-electron chi connectivity index (χ2n) is 3.90. The molecule has 1 aromatic heterocycles. The van der Waals surface area contributed by atoms with Gasteiger partial charge in [-0.05, 0) is 19.9 Å². The van der Waals surface area contributed by atoms with Crippen molar-refractivity contribution in [3.05, 3.63) is 46.8 Å². The van der Waals surface area contributed by atoms with Crippen LogP contribution >= 0.6 is 0 Å². The maximum atomic E-state index is 5.75. The third kappa shape index (κ3) is 2.47. The molecular formula is C13H16N2O2. The normalized spacial score (nSPS) is 10.5. The summed E-state index contributed by atoms with van der Waals surface area (Å²) in [7, 11) is 0. The smallest absolute Gasteiger partial charge is 0.140 e. The lowest BCUT2D eigenvalue weighted by atomic mass is 10.2. The van der Waals surface area contributed by atoms with E-state index in [4.69, 9.17) is 15.0 Å². The average Bonchev–Trinajstić information content (AvgIpc) is 2.67. The van der Waals surface area contributed by atoms with E-state index in [9.17, 15) is 0 Å². The van der Waals surface area contributed by atoms with Gasteiger partial charge in [-0.1, -0.05) is 23.4 Å². The van der Waals surface area contributed by atoms with Gasteiger partial charge in [0.05, 0.1) is 11.3 Å². The second kappa shape index (κ2) is 5.01. The zero-order valence-electron chi connectivity index (χ0n) is 10.1. The monoisotopic (exact) mass is 232 g/mol. The Morgan fingerprint density at radius 3 is 2.71 bits per heavy atom. The van der Waals surface area contributed by atoms with Crippen LogP contribution in [0.1, 0.15) is 22.6 Å². The quantitative estimate of drug-likeness (QED) is 0.878. The fraction of sp³-hybridized carbons (Fsp3) is 0.308. The molecule has 2 N–H and O–H groups in total. The number of ether oxygens (including phenoxy) is 1. The van der Waals surface area contributed by atoms with Crippen molar-refractivity contribution in [2.75, 3.05) is 0 Å². The van der Waals surface area contributed by atoms with Crippen LogP contribution in [-0.2, 0) is 13.2 Å². The Balaban J connectivity index is 2.12. The van der Waals surface area contributed by atoms with Gasteiger partial charge in [-0.2, -0.15) is 0 Å². The van der Waals surface area contributed by atoms with Crippen LogP contribution in [0.25, 0.3) is 0 Å². The molecule has 2 rings (SSSR count). The number of nitrogens with two attached hydrogens (primary N) is 1. The van der Waals surface area contributed by atoms with E-state index < -0.39 is 0 Å². The molecule has 0 fully saturated rings. The molecule has 1 heterocycles. The molecule has 0 aliphatic carbocycles. The first-order chi connectivity index (χ1) is 8.22. The number of aryl methyl sites for hydroxylation is 2. The lowest BCUT2D eigenvalue weighted by Gasteiger charge is -2.09. The van der Waals surface area contributed by atoms with E-state index in [1.54, 1.807) is 0 Å². The number of para-hydroxylation sites is 1. The van der Waals surface area contributed by atoms with Gasteiger partial charge in [0.15, 0.2) is 0 Å². The van der Waals surface area contributed by atoms with Crippen LogP contribution in [0, 0.1) is 13.8 Å². The molecule has 0 saturated carbocycles. The molecule has 0 bridgehead atoms. The van der Waals surface area contributed by atoms with Crippen LogP contribution in [0.3, 0.4) is 0 Å². The van der Waals surface area contributed by atoms with Gasteiger partial charge in [-0.3, -0.25) is 0 Å². The van der Waals surface area contributed by atoms with E-state index >= 15 is 0 Å². The van der Waals surface area contributed by atoms with E-state index in [-0.39, 0.29) is 0 Å². The highest BCUT2D eigenvalue weighted by Gasteiger charge is 2.10. The van der Waals surface area contributed by atoms with E-state index in [0.29, 0.717) is 13.2 Å². The maximum absolute atomic E-state index is 5.75. The number of rotatable bonds is 4. The van der Waals surface area contributed by atoms with E-state index in [0.717, 1.165) is 28.3 Å². The van der Waals surface area contributed by atoms with Gasteiger partial charge in [0, 0.05) is 12.1 Å². The topological polar surface area (TPSA) is 61.3 Å². The van der Waals surface area contributed by atoms with Crippen molar-refractivity contribution >= 4 is 0 Å². The number of benzene rings is 1. The Kier molecular flexibility index (Phi) is 3.44. The zero-order chi connectivity index (χ0) is 12.3. The number of nitrogens with zero attached hydrogens (tertiary/aromatic N) is 1. The first-order valence-corrected chi connectivity index (χ1v) is 5.55. The molecule has 0 aliphatic rings. The lowest BCUT2D eigenvalue weighted by Crippen LogP contribution is -2.03. The Labute approximate surface area is 100 Å². The van der Waals surface area contributed by atoms with Gasteiger partial charge in [-0.15, -0.1) is 0 Å². The summed E-state index contributed by atoms with van der Waals surface area (Å²) in [4.78, 5) is 0. The van der Waals surface area contributed by atoms with E-state index in [1.807, 2.05) is 38.1 Å². The summed E-state index contributed by atoms with van der Waals surface area (Å²) in [6.45, 7) is 4.72. The fourth-order valence-corrected chi connectivity index (χ4v) is 1.67. The molecule has 90 valence electrons. The Hall–Kier alpha value is -1.81. The van der Waals surface area contributed by atoms with Crippen LogP contribution in [0.15, 0.2) is 28.8 Å². The number of hydrogen-bond donors (Lipinski definition) is 1. The molecule has 0 aliphatic heterocycles. The van der Waals surface area contributed by atoms with Crippen LogP contribution in [0.4, 0.5) is 0 Å². The van der Waals surface area contributed by atoms with Crippen molar-refractivity contribution < 1.29 is 9.26 Å². The largest absolute Gasteiger partial charge is 0.488 e. The summed E-state index contributed by atoms with van der Waals surface area (Å²) in [5, 5.41) is 3.89. The van der Waals surface area contributed by atoms with E-state index in [2.05, 4.69) is 5.16 Å². The van der Waals surface area contributed by atoms with Crippen LogP contribution in [-0.4, -0.2) is 5.16 Å². The summed E-state index contributed by atoms with van der Waals surface area (Å²) >= 11 is 0. The Morgan fingerprint density at radius 2 is 2.06 bits per heavy atom. The summed E-state index contributed by atoms with van der Waals surface area (Å²) < 4.78 is 10.8. The predicted octanol–water partition coefficient (Wildman–Crippen LogP) is 2.33. The van der Waals surface area contributed by atoms with Crippen LogP contribution in [0.2, 0.25) is 0 Å². The maximum Gasteiger partial charge on any atom is 0.140 e. The van der Waals surface area contributed by atoms with Gasteiger partial charge < -0.3 is 15.0 Å². The zero-order valence-corrected chi connectivity index (χ0v) is 10.1. The van der Waals surface area contributed by atoms with Crippen LogP contribution in [0.5, 0.6) is 5.75 Å². The van der Waals surface area contributed by atoms with Gasteiger partial charge in [0.25, 0.3) is 0 Å². The molecule has 1 aromatic carbocycles. The highest BCUT2D eigenvalue weighted by Crippen LogP contribution is 2.20. The number of aromatic nitrogens is 1. The van der Waals surface area contributed by atoms with Gasteiger partial charge >= 0.3 is 0 Å². The van der Waals surface area contributed by atoms with Crippen molar-refractivity contribution in [1.82, 2.24) is 5.16 Å². The summed E-state index contributed by atoms with van der Waals surface area (Å²) in [5.74, 6) is 1.61. The third-order valence-corrected chi connectivity index (χ3v) is 2.75. The second-order valence-corrected chi connectivity index (χ2v) is 3.90. The minimum Gasteiger partial charge on any atom is -0.488 e. The Bertz CT molecular complexity index is 486. The summed E-state index contributed by atoms with van der Waals surface area (Å²) in [5.41, 5.74) is 8.51. The molecule has 17 heavy (non-hydrogen) atoms. The third-order valence-electron chi connectivity index (χ3n) is 2.75. The lowest BCUT2D eigenvalue weighted by molar-refractivity contribution is 0.298. The molecule has 0 unspecified atom stereocenters. The summed E-state index contributed by atoms with van der Waals surface area (Å²) in [6, 6.07) is 7.76. The molecule has 0 saturated heterocycles. The molecule has 0 atom stereocenters. The standard InChI is InChI=1S/C13H16N2O2/c1-9-12(10(2)17-15-9)8-16-13-6-4-3-5-11(13)7-14/h3-6H,7-8,14H2,1-2H3. The highest BCUT2D eigenvalue weighted by molar-refractivity contribution is 5.33. The fourth-order valence-electron chi connectivity index (χ4n) is 1.67. The van der Waals surface area contributed by atoms with Crippen molar-refractivity contribution in [3.63, 3.8) is 0 Å². The first-order valence-electron chi connectivity index (χ1n) is 5.55. The van der Waals surface area contributed by atoms with E-state index in [1.165, 1.54) is 0 Å². The molecule has 4 heteroatoms. The molecule has 0 radical (unpaired) electrons. The molecule has 4 nitrogen and oxygen atoms in total. The van der Waals surface area contributed by atoms with Crippen molar-refractivity contribution in [2.45, 2.75) is 27.0 Å². The number of hydrogen-bond acceptors (Lipinski definition) is 4. The summed E-state index contributed by atoms with van der Waals surface area (Å²) in [6.07, 6.45) is 0. The van der Waals surface area contributed by atoms with Crippen molar-refractivity contribution in [3.8, 4) is 5.75 Å². The minimum atomic E-state index is 0.457. The molecule has 0 amide bonds. The Morgan fingerprint density at radius 1 is 1.29 bits per heavy atom. The van der Waals surface area contributed by atoms with Crippen LogP contribution < -0.4 is 10.5 Å². The predicted molar refractivity (Wildman–Crippen MR) is 64.6 cm³/mol. The highest BCUT2D eigenvalue weighted by atomic mass is 16.5. The molecule has 0 spiro atoms. The van der Waals surface area contributed by atoms with Gasteiger partial charge in [0.1, 0.15) is 18.1 Å².